The zero-order valence-corrected chi connectivity index (χ0v) is 21.8. The highest BCUT2D eigenvalue weighted by atomic mass is 16.6. The van der Waals surface area contributed by atoms with Crippen LogP contribution < -0.4 is 0 Å². The van der Waals surface area contributed by atoms with Gasteiger partial charge in [0.25, 0.3) is 0 Å². The third-order valence-corrected chi connectivity index (χ3v) is 11.6. The molecular formula is C28H37NO7. The van der Waals surface area contributed by atoms with E-state index in [1.54, 1.807) is 0 Å². The van der Waals surface area contributed by atoms with Gasteiger partial charge >= 0.3 is 17.9 Å². The maximum Gasteiger partial charge on any atom is 0.308 e. The fraction of sp³-hybridized carbons (Fsp3) is 0.821. The first-order valence-corrected chi connectivity index (χ1v) is 13.5. The van der Waals surface area contributed by atoms with E-state index in [4.69, 9.17) is 14.2 Å². The standard InChI is InChI=1S/C28H37NO7/c1-12(2)23(32)36-16-8-25(6)11-29-17-10-26-7-13(3)18-19(34-14(4)30)21(26)27(9-16,20(17)25)24(29)28(26,33)22(18)35-15(5)31/h12,16-22,24,33H,3,7-11H2,1-2,4-6H3. The van der Waals surface area contributed by atoms with Crippen LogP contribution in [0.1, 0.15) is 60.3 Å². The molecule has 0 radical (unpaired) electrons. The van der Waals surface area contributed by atoms with Crippen molar-refractivity contribution >= 4 is 17.9 Å². The molecule has 1 N–H and O–H groups in total. The summed E-state index contributed by atoms with van der Waals surface area (Å²) in [4.78, 5) is 40.0. The van der Waals surface area contributed by atoms with Crippen LogP contribution in [0.25, 0.3) is 0 Å². The van der Waals surface area contributed by atoms with E-state index < -0.39 is 40.5 Å². The number of carbonyl (C=O) groups is 3. The van der Waals surface area contributed by atoms with Crippen LogP contribution in [-0.2, 0) is 28.6 Å². The molecule has 13 unspecified atom stereocenters. The Morgan fingerprint density at radius 1 is 1.06 bits per heavy atom. The van der Waals surface area contributed by atoms with Gasteiger partial charge in [0, 0.05) is 49.2 Å². The number of fused-ring (bicyclic) bond motifs is 1. The summed E-state index contributed by atoms with van der Waals surface area (Å²) in [6.45, 7) is 14.0. The second kappa shape index (κ2) is 6.55. The van der Waals surface area contributed by atoms with Gasteiger partial charge in [-0.2, -0.15) is 0 Å². The lowest BCUT2D eigenvalue weighted by molar-refractivity contribution is -0.287. The smallest absolute Gasteiger partial charge is 0.308 e. The summed E-state index contributed by atoms with van der Waals surface area (Å²) in [7, 11) is 0. The predicted octanol–water partition coefficient (Wildman–Crippen LogP) is 2.23. The highest BCUT2D eigenvalue weighted by Crippen LogP contribution is 2.88. The van der Waals surface area contributed by atoms with E-state index in [0.717, 1.165) is 25.0 Å². The Balaban J connectivity index is 1.43. The number of hydrogen-bond donors (Lipinski definition) is 1. The molecule has 0 aromatic heterocycles. The molecule has 9 rings (SSSR count). The maximum absolute atomic E-state index is 12.9. The van der Waals surface area contributed by atoms with Crippen molar-refractivity contribution in [2.45, 2.75) is 96.3 Å². The Kier molecular flexibility index (Phi) is 4.22. The van der Waals surface area contributed by atoms with Gasteiger partial charge in [-0.3, -0.25) is 19.3 Å². The van der Waals surface area contributed by atoms with Crippen LogP contribution in [0.3, 0.4) is 0 Å². The average molecular weight is 500 g/mol. The number of hydrogen-bond acceptors (Lipinski definition) is 8. The molecule has 8 nitrogen and oxygen atoms in total. The fourth-order valence-corrected chi connectivity index (χ4v) is 11.6. The summed E-state index contributed by atoms with van der Waals surface area (Å²) in [5.74, 6) is -1.48. The lowest BCUT2D eigenvalue weighted by Gasteiger charge is -2.68. The van der Waals surface area contributed by atoms with Gasteiger partial charge in [-0.05, 0) is 37.0 Å². The molecule has 8 heteroatoms. The van der Waals surface area contributed by atoms with Gasteiger partial charge in [0.1, 0.15) is 23.9 Å². The van der Waals surface area contributed by atoms with Crippen LogP contribution in [0.4, 0.5) is 0 Å². The van der Waals surface area contributed by atoms with Gasteiger partial charge in [-0.1, -0.05) is 32.9 Å². The number of rotatable bonds is 4. The topological polar surface area (TPSA) is 102 Å². The normalized spacial score (nSPS) is 56.3. The number of ether oxygens (including phenoxy) is 3. The molecule has 6 saturated carbocycles. The minimum atomic E-state index is -1.26. The lowest BCUT2D eigenvalue weighted by Crippen LogP contribution is -2.77. The quantitative estimate of drug-likeness (QED) is 0.357. The first kappa shape index (κ1) is 23.2. The van der Waals surface area contributed by atoms with Crippen molar-refractivity contribution in [3.63, 3.8) is 0 Å². The van der Waals surface area contributed by atoms with Gasteiger partial charge < -0.3 is 19.3 Å². The van der Waals surface area contributed by atoms with E-state index in [1.807, 2.05) is 13.8 Å². The lowest BCUT2D eigenvalue weighted by atomic mass is 9.39. The van der Waals surface area contributed by atoms with Crippen LogP contribution in [0.2, 0.25) is 0 Å². The highest BCUT2D eigenvalue weighted by Gasteiger charge is 2.96. The number of nitrogens with zero attached hydrogens (tertiary/aromatic N) is 1. The SMILES string of the molecule is C=C1CC23CC4C5C6(C)CC(OC(=O)C(C)C)CC57C2C(OC(C)=O)C1C(OC(C)=O)C3(O)C7N4C6. The first-order chi connectivity index (χ1) is 16.8. The molecule has 196 valence electrons. The van der Waals surface area contributed by atoms with Crippen molar-refractivity contribution in [2.75, 3.05) is 6.54 Å². The molecule has 13 atom stereocenters. The Morgan fingerprint density at radius 2 is 1.75 bits per heavy atom. The average Bonchev–Trinajstić information content (AvgIpc) is 3.16. The molecule has 2 spiro atoms. The van der Waals surface area contributed by atoms with Crippen molar-refractivity contribution in [2.24, 2.45) is 39.9 Å². The Labute approximate surface area is 211 Å². The van der Waals surface area contributed by atoms with Gasteiger partial charge in [-0.25, -0.2) is 0 Å². The number of esters is 3. The highest BCUT2D eigenvalue weighted by molar-refractivity contribution is 5.72. The van der Waals surface area contributed by atoms with Crippen molar-refractivity contribution < 1.29 is 33.7 Å². The van der Waals surface area contributed by atoms with Crippen molar-refractivity contribution in [1.82, 2.24) is 4.90 Å². The minimum absolute atomic E-state index is 0.0647. The van der Waals surface area contributed by atoms with Crippen LogP contribution >= 0.6 is 0 Å². The van der Waals surface area contributed by atoms with Crippen molar-refractivity contribution in [3.8, 4) is 0 Å². The molecule has 9 fully saturated rings. The van der Waals surface area contributed by atoms with Gasteiger partial charge in [-0.15, -0.1) is 0 Å². The van der Waals surface area contributed by atoms with E-state index in [9.17, 15) is 19.5 Å². The summed E-state index contributed by atoms with van der Waals surface area (Å²) in [6.07, 6.45) is 1.28. The van der Waals surface area contributed by atoms with E-state index >= 15 is 0 Å². The summed E-state index contributed by atoms with van der Waals surface area (Å²) < 4.78 is 18.2. The maximum atomic E-state index is 12.9. The molecule has 3 saturated heterocycles. The summed E-state index contributed by atoms with van der Waals surface area (Å²) >= 11 is 0. The molecule has 0 amide bonds. The van der Waals surface area contributed by atoms with E-state index in [1.165, 1.54) is 13.8 Å². The Morgan fingerprint density at radius 3 is 2.39 bits per heavy atom. The Hall–Kier alpha value is -1.93. The molecule has 9 bridgehead atoms. The molecule has 3 heterocycles. The van der Waals surface area contributed by atoms with Crippen LogP contribution in [0.15, 0.2) is 12.2 Å². The zero-order chi connectivity index (χ0) is 25.7. The van der Waals surface area contributed by atoms with Crippen LogP contribution in [-0.4, -0.2) is 70.5 Å². The van der Waals surface area contributed by atoms with Gasteiger partial charge in [0.15, 0.2) is 0 Å². The molecule has 0 aromatic carbocycles. The third-order valence-electron chi connectivity index (χ3n) is 11.6. The van der Waals surface area contributed by atoms with Crippen molar-refractivity contribution in [3.05, 3.63) is 12.2 Å². The van der Waals surface area contributed by atoms with Gasteiger partial charge in [0.05, 0.1) is 11.8 Å². The zero-order valence-electron chi connectivity index (χ0n) is 21.8. The van der Waals surface area contributed by atoms with Crippen LogP contribution in [0.5, 0.6) is 0 Å². The second-order valence-corrected chi connectivity index (χ2v) is 13.6. The number of carbonyl (C=O) groups excluding carboxylic acids is 3. The molecule has 0 aromatic rings. The largest absolute Gasteiger partial charge is 0.462 e. The molecule has 9 aliphatic rings. The first-order valence-electron chi connectivity index (χ1n) is 13.5. The fourth-order valence-electron chi connectivity index (χ4n) is 11.6. The summed E-state index contributed by atoms with van der Waals surface area (Å²) in [5.41, 5.74) is -1.40. The minimum Gasteiger partial charge on any atom is -0.462 e. The van der Waals surface area contributed by atoms with E-state index in [2.05, 4.69) is 18.4 Å². The molecule has 36 heavy (non-hydrogen) atoms. The van der Waals surface area contributed by atoms with Crippen molar-refractivity contribution in [1.29, 1.82) is 0 Å². The number of aliphatic hydroxyl groups is 1. The van der Waals surface area contributed by atoms with Gasteiger partial charge in [0.2, 0.25) is 0 Å². The molecule has 3 aliphatic heterocycles. The van der Waals surface area contributed by atoms with Crippen LogP contribution in [0, 0.1) is 39.9 Å². The Bertz CT molecular complexity index is 1120. The summed E-state index contributed by atoms with van der Waals surface area (Å²) in [6, 6.07) is 0.0876. The summed E-state index contributed by atoms with van der Waals surface area (Å²) in [5, 5.41) is 12.9. The third kappa shape index (κ3) is 2.22. The van der Waals surface area contributed by atoms with E-state index in [-0.39, 0.29) is 41.3 Å². The molecular weight excluding hydrogens is 462 g/mol. The second-order valence-electron chi connectivity index (χ2n) is 13.6. The predicted molar refractivity (Wildman–Crippen MR) is 126 cm³/mol. The number of piperidine rings is 2. The van der Waals surface area contributed by atoms with E-state index in [0.29, 0.717) is 24.8 Å². The molecule has 6 aliphatic carbocycles. The monoisotopic (exact) mass is 499 g/mol.